The van der Waals surface area contributed by atoms with Crippen LogP contribution >= 0.6 is 0 Å². The molecule has 0 aliphatic heterocycles. The fourth-order valence-electron chi connectivity index (χ4n) is 3.71. The number of benzene rings is 6. The molecule has 0 atom stereocenters. The molecule has 0 saturated carbocycles. The number of fused-ring (bicyclic) bond motifs is 3. The lowest BCUT2D eigenvalue weighted by Gasteiger charge is -2.03. The van der Waals surface area contributed by atoms with Gasteiger partial charge in [0.15, 0.2) is 0 Å². The molecular weight excluding hydrogens is 404 g/mol. The van der Waals surface area contributed by atoms with Crippen LogP contribution in [0.25, 0.3) is 32.3 Å². The number of aromatic hydroxyl groups is 1. The molecule has 0 bridgehead atoms. The summed E-state index contributed by atoms with van der Waals surface area (Å²) in [5.74, 6) is 1.29. The summed E-state index contributed by atoms with van der Waals surface area (Å²) >= 11 is 0. The van der Waals surface area contributed by atoms with Crippen LogP contribution in [0.4, 0.5) is 0 Å². The van der Waals surface area contributed by atoms with Gasteiger partial charge in [0.1, 0.15) is 11.5 Å². The molecule has 0 aromatic heterocycles. The topological polar surface area (TPSA) is 29.5 Å². The first-order valence-corrected chi connectivity index (χ1v) is 10.9. The van der Waals surface area contributed by atoms with Crippen LogP contribution in [0.3, 0.4) is 0 Å². The molecule has 0 spiro atoms. The first-order valence-electron chi connectivity index (χ1n) is 10.9. The number of hydrogen-bond donors (Lipinski definition) is 1. The third kappa shape index (κ3) is 5.50. The molecular formula is C31H26O2. The minimum atomic E-state index is 0.350. The average Bonchev–Trinajstić information content (AvgIpc) is 2.89. The molecule has 1 N–H and O–H groups in total. The Labute approximate surface area is 194 Å². The van der Waals surface area contributed by atoms with Crippen LogP contribution in [0.5, 0.6) is 11.5 Å². The zero-order valence-electron chi connectivity index (χ0n) is 18.6. The molecule has 6 rings (SSSR count). The smallest absolute Gasteiger partial charge is 0.126 e. The number of phenols is 1. The second-order valence-corrected chi connectivity index (χ2v) is 7.53. The van der Waals surface area contributed by atoms with Crippen molar-refractivity contribution in [2.24, 2.45) is 0 Å². The predicted octanol–water partition coefficient (Wildman–Crippen LogP) is 8.23. The summed E-state index contributed by atoms with van der Waals surface area (Å²) in [6.45, 7) is 0. The zero-order chi connectivity index (χ0) is 22.9. The minimum Gasteiger partial charge on any atom is -0.507 e. The van der Waals surface area contributed by atoms with Crippen molar-refractivity contribution >= 4 is 32.3 Å². The van der Waals surface area contributed by atoms with Crippen LogP contribution in [-0.2, 0) is 0 Å². The summed E-state index contributed by atoms with van der Waals surface area (Å²) in [5.41, 5.74) is 0. The number of rotatable bonds is 1. The van der Waals surface area contributed by atoms with E-state index in [1.165, 1.54) is 21.5 Å². The van der Waals surface area contributed by atoms with E-state index in [0.29, 0.717) is 5.75 Å². The van der Waals surface area contributed by atoms with Crippen molar-refractivity contribution in [3.63, 3.8) is 0 Å². The third-order valence-electron chi connectivity index (χ3n) is 5.39. The molecule has 2 nitrogen and oxygen atoms in total. The molecule has 162 valence electrons. The highest BCUT2D eigenvalue weighted by atomic mass is 16.5. The molecule has 0 heterocycles. The van der Waals surface area contributed by atoms with Gasteiger partial charge in [-0.05, 0) is 33.7 Å². The van der Waals surface area contributed by atoms with Crippen LogP contribution in [0.2, 0.25) is 0 Å². The lowest BCUT2D eigenvalue weighted by Crippen LogP contribution is -1.83. The van der Waals surface area contributed by atoms with Gasteiger partial charge >= 0.3 is 0 Å². The maximum atomic E-state index is 9.37. The van der Waals surface area contributed by atoms with E-state index < -0.39 is 0 Å². The van der Waals surface area contributed by atoms with E-state index in [1.807, 2.05) is 60.7 Å². The van der Waals surface area contributed by atoms with Gasteiger partial charge in [-0.2, -0.15) is 0 Å². The molecule has 0 fully saturated rings. The van der Waals surface area contributed by atoms with Gasteiger partial charge in [0.2, 0.25) is 0 Å². The molecule has 2 heteroatoms. The minimum absolute atomic E-state index is 0.350. The van der Waals surface area contributed by atoms with Gasteiger partial charge in [-0.25, -0.2) is 0 Å². The highest BCUT2D eigenvalue weighted by Gasteiger charge is 1.97. The maximum Gasteiger partial charge on any atom is 0.126 e. The second kappa shape index (κ2) is 10.8. The highest BCUT2D eigenvalue weighted by Crippen LogP contribution is 2.24. The summed E-state index contributed by atoms with van der Waals surface area (Å²) < 4.78 is 5.23. The first kappa shape index (κ1) is 21.9. The molecule has 0 aliphatic rings. The molecule has 6 aromatic rings. The fraction of sp³-hybridized carbons (Fsp3) is 0.0323. The van der Waals surface area contributed by atoms with E-state index in [4.69, 9.17) is 4.74 Å². The molecule has 0 radical (unpaired) electrons. The van der Waals surface area contributed by atoms with Gasteiger partial charge in [-0.1, -0.05) is 121 Å². The second-order valence-electron chi connectivity index (χ2n) is 7.53. The zero-order valence-corrected chi connectivity index (χ0v) is 18.6. The number of hydrogen-bond acceptors (Lipinski definition) is 2. The van der Waals surface area contributed by atoms with Crippen molar-refractivity contribution in [1.82, 2.24) is 0 Å². The van der Waals surface area contributed by atoms with Crippen molar-refractivity contribution in [2.45, 2.75) is 0 Å². The summed E-state index contributed by atoms with van der Waals surface area (Å²) in [6, 6.07) is 44.3. The van der Waals surface area contributed by atoms with Gasteiger partial charge in [0, 0.05) is 10.8 Å². The third-order valence-corrected chi connectivity index (χ3v) is 5.39. The van der Waals surface area contributed by atoms with E-state index in [0.717, 1.165) is 16.5 Å². The van der Waals surface area contributed by atoms with Crippen molar-refractivity contribution in [3.8, 4) is 11.5 Å². The van der Waals surface area contributed by atoms with Crippen LogP contribution < -0.4 is 4.74 Å². The quantitative estimate of drug-likeness (QED) is 0.285. The molecule has 0 aliphatic carbocycles. The largest absolute Gasteiger partial charge is 0.507 e. The predicted molar refractivity (Wildman–Crippen MR) is 140 cm³/mol. The normalized spacial score (nSPS) is 10.1. The fourth-order valence-corrected chi connectivity index (χ4v) is 3.71. The highest BCUT2D eigenvalue weighted by molar-refractivity contribution is 5.88. The van der Waals surface area contributed by atoms with Crippen LogP contribution in [-0.4, -0.2) is 12.2 Å². The summed E-state index contributed by atoms with van der Waals surface area (Å²) in [7, 11) is 1.70. The van der Waals surface area contributed by atoms with E-state index in [1.54, 1.807) is 13.2 Å². The van der Waals surface area contributed by atoms with Gasteiger partial charge in [0.05, 0.1) is 7.11 Å². The number of methoxy groups -OCH3 is 1. The Hall–Kier alpha value is -4.30. The number of ether oxygens (including phenoxy) is 1. The lowest BCUT2D eigenvalue weighted by atomic mass is 10.1. The van der Waals surface area contributed by atoms with E-state index >= 15 is 0 Å². The Kier molecular flexibility index (Phi) is 7.19. The van der Waals surface area contributed by atoms with Gasteiger partial charge in [-0.15, -0.1) is 0 Å². The standard InChI is InChI=1S/C11H10O.C10H8O.C10H8/c1-12-11-8-4-6-9-5-2-3-7-10(9)11;11-10-7-3-5-8-4-1-2-6-9(8)10;1-2-6-10-8-4-3-7-9(10)5-1/h2-8H,1H3;1-7,11H;1-8H. The Balaban J connectivity index is 0.000000118. The Morgan fingerprint density at radius 3 is 1.33 bits per heavy atom. The Morgan fingerprint density at radius 1 is 0.424 bits per heavy atom. The van der Waals surface area contributed by atoms with Crippen molar-refractivity contribution in [3.05, 3.63) is 133 Å². The van der Waals surface area contributed by atoms with Crippen molar-refractivity contribution in [1.29, 1.82) is 0 Å². The van der Waals surface area contributed by atoms with E-state index in [2.05, 4.69) is 66.7 Å². The van der Waals surface area contributed by atoms with Crippen LogP contribution in [0.15, 0.2) is 133 Å². The summed E-state index contributed by atoms with van der Waals surface area (Å²) in [6.07, 6.45) is 0. The maximum absolute atomic E-state index is 9.37. The molecule has 0 unspecified atom stereocenters. The van der Waals surface area contributed by atoms with Gasteiger partial charge in [0.25, 0.3) is 0 Å². The lowest BCUT2D eigenvalue weighted by molar-refractivity contribution is 0.420. The van der Waals surface area contributed by atoms with Crippen LogP contribution in [0.1, 0.15) is 0 Å². The first-order chi connectivity index (χ1) is 16.3. The van der Waals surface area contributed by atoms with Crippen molar-refractivity contribution < 1.29 is 9.84 Å². The van der Waals surface area contributed by atoms with Gasteiger partial charge < -0.3 is 9.84 Å². The Morgan fingerprint density at radius 2 is 0.818 bits per heavy atom. The van der Waals surface area contributed by atoms with Gasteiger partial charge in [-0.3, -0.25) is 0 Å². The summed E-state index contributed by atoms with van der Waals surface area (Å²) in [4.78, 5) is 0. The molecule has 6 aromatic carbocycles. The van der Waals surface area contributed by atoms with Crippen LogP contribution in [0, 0.1) is 0 Å². The molecule has 0 saturated heterocycles. The monoisotopic (exact) mass is 430 g/mol. The SMILES string of the molecule is COc1cccc2ccccc12.Oc1cccc2ccccc12.c1ccc2ccccc2c1. The average molecular weight is 431 g/mol. The number of phenolic OH excluding ortho intramolecular Hbond substituents is 1. The molecule has 33 heavy (non-hydrogen) atoms. The van der Waals surface area contributed by atoms with Crippen molar-refractivity contribution in [2.75, 3.05) is 7.11 Å². The molecule has 0 amide bonds. The van der Waals surface area contributed by atoms with E-state index in [9.17, 15) is 5.11 Å². The Bertz CT molecular complexity index is 1390. The summed E-state index contributed by atoms with van der Waals surface area (Å²) in [5, 5.41) is 16.4. The van der Waals surface area contributed by atoms with E-state index in [-0.39, 0.29) is 0 Å².